The molecule has 0 radical (unpaired) electrons. The molecule has 0 amide bonds. The van der Waals surface area contributed by atoms with Crippen molar-refractivity contribution in [3.8, 4) is 0 Å². The number of fused-ring (bicyclic) bond motifs is 3. The zero-order valence-electron chi connectivity index (χ0n) is 7.81. The van der Waals surface area contributed by atoms with Crippen LogP contribution in [0.2, 0.25) is 5.02 Å². The van der Waals surface area contributed by atoms with Crippen LogP contribution in [0.5, 0.6) is 0 Å². The molecule has 15 heavy (non-hydrogen) atoms. The summed E-state index contributed by atoms with van der Waals surface area (Å²) in [5, 5.41) is 3.81. The molecule has 3 heteroatoms. The van der Waals surface area contributed by atoms with Crippen LogP contribution >= 0.6 is 11.6 Å². The van der Waals surface area contributed by atoms with Crippen molar-refractivity contribution in [2.45, 2.75) is 0 Å². The first-order valence-corrected chi connectivity index (χ1v) is 5.02. The number of nitrogens with zero attached hydrogens (tertiary/aromatic N) is 2. The first kappa shape index (κ1) is 8.62. The second-order valence-electron chi connectivity index (χ2n) is 3.34. The summed E-state index contributed by atoms with van der Waals surface area (Å²) >= 11 is 6.16. The topological polar surface area (TPSA) is 25.8 Å². The van der Waals surface area contributed by atoms with Gasteiger partial charge in [0.25, 0.3) is 0 Å². The third-order valence-corrected chi connectivity index (χ3v) is 2.75. The van der Waals surface area contributed by atoms with Crippen molar-refractivity contribution in [1.82, 2.24) is 9.97 Å². The molecule has 0 fully saturated rings. The van der Waals surface area contributed by atoms with Crippen molar-refractivity contribution in [3.63, 3.8) is 0 Å². The molecule has 0 saturated heterocycles. The Morgan fingerprint density at radius 1 is 1.00 bits per heavy atom. The Morgan fingerprint density at radius 2 is 1.87 bits per heavy atom. The molecule has 2 aromatic heterocycles. The van der Waals surface area contributed by atoms with Crippen LogP contribution in [0.15, 0.2) is 42.7 Å². The van der Waals surface area contributed by atoms with Crippen LogP contribution in [0.25, 0.3) is 21.8 Å². The maximum Gasteiger partial charge on any atom is 0.161 e. The monoisotopic (exact) mass is 214 g/mol. The minimum Gasteiger partial charge on any atom is -0.237 e. The molecule has 0 saturated carbocycles. The van der Waals surface area contributed by atoms with Crippen LogP contribution in [-0.2, 0) is 0 Å². The summed E-state index contributed by atoms with van der Waals surface area (Å²) in [6.45, 7) is 0. The maximum atomic E-state index is 6.16. The van der Waals surface area contributed by atoms with Crippen LogP contribution in [0.4, 0.5) is 0 Å². The summed E-state index contributed by atoms with van der Waals surface area (Å²) < 4.78 is 0. The fourth-order valence-electron chi connectivity index (χ4n) is 1.74. The fraction of sp³-hybridized carbons (Fsp3) is 0. The van der Waals surface area contributed by atoms with E-state index in [1.807, 2.05) is 30.5 Å². The molecule has 2 nitrogen and oxygen atoms in total. The van der Waals surface area contributed by atoms with Crippen LogP contribution in [-0.4, -0.2) is 9.97 Å². The first-order chi connectivity index (χ1) is 7.36. The molecule has 0 unspecified atom stereocenters. The largest absolute Gasteiger partial charge is 0.237 e. The molecule has 2 heterocycles. The number of pyridine rings is 2. The molecule has 3 rings (SSSR count). The summed E-state index contributed by atoms with van der Waals surface area (Å²) in [5.74, 6) is 0. The van der Waals surface area contributed by atoms with Gasteiger partial charge in [-0.3, -0.25) is 0 Å². The van der Waals surface area contributed by atoms with E-state index in [9.17, 15) is 0 Å². The average molecular weight is 215 g/mol. The number of hydrogen-bond acceptors (Lipinski definition) is 2. The predicted octanol–water partition coefficient (Wildman–Crippen LogP) is 3.44. The van der Waals surface area contributed by atoms with Gasteiger partial charge < -0.3 is 0 Å². The van der Waals surface area contributed by atoms with E-state index >= 15 is 0 Å². The lowest BCUT2D eigenvalue weighted by molar-refractivity contribution is 1.30. The lowest BCUT2D eigenvalue weighted by atomic mass is 10.1. The lowest BCUT2D eigenvalue weighted by Crippen LogP contribution is -1.85. The van der Waals surface area contributed by atoms with E-state index in [-0.39, 0.29) is 0 Å². The Morgan fingerprint density at radius 3 is 2.80 bits per heavy atom. The van der Waals surface area contributed by atoms with Crippen molar-refractivity contribution in [2.24, 2.45) is 0 Å². The summed E-state index contributed by atoms with van der Waals surface area (Å²) in [4.78, 5) is 8.47. The molecule has 0 spiro atoms. The Hall–Kier alpha value is -1.67. The minimum atomic E-state index is 0.696. The number of hydrogen-bond donors (Lipinski definition) is 0. The molecular weight excluding hydrogens is 208 g/mol. The number of halogens is 1. The van der Waals surface area contributed by atoms with Gasteiger partial charge in [-0.05, 0) is 11.5 Å². The second kappa shape index (κ2) is 3.17. The second-order valence-corrected chi connectivity index (χ2v) is 3.74. The van der Waals surface area contributed by atoms with Gasteiger partial charge in [0.15, 0.2) is 5.65 Å². The van der Waals surface area contributed by atoms with E-state index in [0.29, 0.717) is 10.7 Å². The summed E-state index contributed by atoms with van der Waals surface area (Å²) in [7, 11) is 0. The van der Waals surface area contributed by atoms with Crippen molar-refractivity contribution < 1.29 is 0 Å². The number of aromatic nitrogens is 2. The van der Waals surface area contributed by atoms with Crippen molar-refractivity contribution in [1.29, 1.82) is 0 Å². The molecule has 72 valence electrons. The highest BCUT2D eigenvalue weighted by Crippen LogP contribution is 2.27. The molecular formula is C12H7ClN2. The Kier molecular flexibility index (Phi) is 1.82. The van der Waals surface area contributed by atoms with Gasteiger partial charge in [0, 0.05) is 23.2 Å². The summed E-state index contributed by atoms with van der Waals surface area (Å²) in [6.07, 6.45) is 3.49. The summed E-state index contributed by atoms with van der Waals surface area (Å²) in [6, 6.07) is 9.82. The minimum absolute atomic E-state index is 0.696. The lowest BCUT2D eigenvalue weighted by Gasteiger charge is -2.03. The quantitative estimate of drug-likeness (QED) is 0.536. The van der Waals surface area contributed by atoms with Gasteiger partial charge in [-0.2, -0.15) is 0 Å². The molecule has 1 aromatic carbocycles. The highest BCUT2D eigenvalue weighted by molar-refractivity contribution is 6.37. The zero-order valence-corrected chi connectivity index (χ0v) is 8.57. The van der Waals surface area contributed by atoms with Crippen molar-refractivity contribution in [2.75, 3.05) is 0 Å². The molecule has 0 aliphatic rings. The van der Waals surface area contributed by atoms with Crippen LogP contribution in [0.3, 0.4) is 0 Å². The van der Waals surface area contributed by atoms with Gasteiger partial charge in [-0.1, -0.05) is 35.9 Å². The van der Waals surface area contributed by atoms with E-state index in [1.165, 1.54) is 0 Å². The third kappa shape index (κ3) is 1.26. The van der Waals surface area contributed by atoms with Crippen LogP contribution in [0.1, 0.15) is 0 Å². The van der Waals surface area contributed by atoms with E-state index in [0.717, 1.165) is 16.2 Å². The first-order valence-electron chi connectivity index (χ1n) is 4.64. The van der Waals surface area contributed by atoms with E-state index < -0.39 is 0 Å². The number of benzene rings is 1. The average Bonchev–Trinajstić information content (AvgIpc) is 2.29. The highest BCUT2D eigenvalue weighted by Gasteiger charge is 2.05. The maximum absolute atomic E-state index is 6.16. The molecule has 0 aliphatic carbocycles. The third-order valence-electron chi connectivity index (χ3n) is 2.44. The predicted molar refractivity (Wildman–Crippen MR) is 62.1 cm³/mol. The smallest absolute Gasteiger partial charge is 0.161 e. The van der Waals surface area contributed by atoms with Gasteiger partial charge in [0.2, 0.25) is 0 Å². The Bertz CT molecular complexity index is 649. The standard InChI is InChI=1S/C12H7ClN2/c13-10-5-6-14-12-11(10)9-4-2-1-3-8(9)7-15-12/h1-7H. The van der Waals surface area contributed by atoms with Gasteiger partial charge in [-0.15, -0.1) is 0 Å². The van der Waals surface area contributed by atoms with Crippen molar-refractivity contribution >= 4 is 33.4 Å². The Balaban J connectivity index is 2.64. The zero-order chi connectivity index (χ0) is 10.3. The van der Waals surface area contributed by atoms with Crippen LogP contribution in [0, 0.1) is 0 Å². The van der Waals surface area contributed by atoms with Crippen LogP contribution < -0.4 is 0 Å². The molecule has 0 atom stereocenters. The normalized spacial score (nSPS) is 11.0. The summed E-state index contributed by atoms with van der Waals surface area (Å²) in [5.41, 5.74) is 0.696. The molecule has 0 bridgehead atoms. The van der Waals surface area contributed by atoms with Crippen molar-refractivity contribution in [3.05, 3.63) is 47.7 Å². The fourth-order valence-corrected chi connectivity index (χ4v) is 1.99. The van der Waals surface area contributed by atoms with E-state index in [4.69, 9.17) is 11.6 Å². The van der Waals surface area contributed by atoms with E-state index in [1.54, 1.807) is 12.3 Å². The van der Waals surface area contributed by atoms with Gasteiger partial charge in [0.05, 0.1) is 5.02 Å². The number of rotatable bonds is 0. The highest BCUT2D eigenvalue weighted by atomic mass is 35.5. The Labute approximate surface area is 91.5 Å². The van der Waals surface area contributed by atoms with Gasteiger partial charge in [0.1, 0.15) is 0 Å². The molecule has 0 N–H and O–H groups in total. The van der Waals surface area contributed by atoms with Gasteiger partial charge in [-0.25, -0.2) is 9.97 Å². The molecule has 0 aliphatic heterocycles. The SMILES string of the molecule is Clc1ccnc2ncc3ccccc3c12. The van der Waals surface area contributed by atoms with Gasteiger partial charge >= 0.3 is 0 Å². The molecule has 3 aromatic rings. The van der Waals surface area contributed by atoms with E-state index in [2.05, 4.69) is 9.97 Å².